The van der Waals surface area contributed by atoms with Gasteiger partial charge in [-0.15, -0.1) is 0 Å². The molecular weight excluding hydrogens is 299 g/mol. The van der Waals surface area contributed by atoms with Gasteiger partial charge in [0.25, 0.3) is 0 Å². The fourth-order valence-corrected chi connectivity index (χ4v) is 2.81. The van der Waals surface area contributed by atoms with Crippen molar-refractivity contribution in [3.63, 3.8) is 0 Å². The molecule has 4 nitrogen and oxygen atoms in total. The highest BCUT2D eigenvalue weighted by Gasteiger charge is 2.24. The van der Waals surface area contributed by atoms with E-state index in [1.807, 2.05) is 12.1 Å². The summed E-state index contributed by atoms with van der Waals surface area (Å²) < 4.78 is 22.1. The molecule has 0 spiro atoms. The van der Waals surface area contributed by atoms with Crippen LogP contribution in [0.15, 0.2) is 54.6 Å². The second-order valence-corrected chi connectivity index (χ2v) is 6.63. The minimum Gasteiger partial charge on any atom is -0.395 e. The van der Waals surface area contributed by atoms with Crippen molar-refractivity contribution in [2.75, 3.05) is 0 Å². The van der Waals surface area contributed by atoms with Gasteiger partial charge in [0, 0.05) is 0 Å². The normalized spacial score (nSPS) is 14.9. The third kappa shape index (κ3) is 5.21. The lowest BCUT2D eigenvalue weighted by Crippen LogP contribution is -2.00. The summed E-state index contributed by atoms with van der Waals surface area (Å²) in [4.78, 5) is 9.79. The average molecular weight is 320 g/mol. The minimum absolute atomic E-state index is 0.293. The van der Waals surface area contributed by atoms with Crippen molar-refractivity contribution in [3.05, 3.63) is 60.2 Å². The number of para-hydroxylation sites is 1. The van der Waals surface area contributed by atoms with E-state index >= 15 is 0 Å². The molecule has 2 aromatic rings. The lowest BCUT2D eigenvalue weighted by Gasteiger charge is -2.14. The van der Waals surface area contributed by atoms with Gasteiger partial charge in [0.1, 0.15) is 11.5 Å². The first-order chi connectivity index (χ1) is 10.5. The Kier molecular flexibility index (Phi) is 5.64. The molecule has 0 aliphatic carbocycles. The van der Waals surface area contributed by atoms with E-state index in [2.05, 4.69) is 13.8 Å². The lowest BCUT2D eigenvalue weighted by atomic mass is 9.99. The molecule has 1 N–H and O–H groups in total. The molecule has 0 saturated heterocycles. The quantitative estimate of drug-likeness (QED) is 0.742. The number of hydrogen-bond acceptors (Lipinski definition) is 3. The van der Waals surface area contributed by atoms with Gasteiger partial charge in [-0.2, -0.15) is 0 Å². The molecule has 0 aliphatic rings. The van der Waals surface area contributed by atoms with E-state index in [1.165, 1.54) is 5.56 Å². The van der Waals surface area contributed by atoms with Crippen molar-refractivity contribution in [2.45, 2.75) is 26.7 Å². The van der Waals surface area contributed by atoms with Crippen molar-refractivity contribution < 1.29 is 18.5 Å². The fourth-order valence-electron chi connectivity index (χ4n) is 2.00. The molecule has 2 atom stereocenters. The zero-order valence-corrected chi connectivity index (χ0v) is 13.7. The third-order valence-electron chi connectivity index (χ3n) is 3.39. The first-order valence-corrected chi connectivity index (χ1v) is 8.84. The number of benzene rings is 2. The summed E-state index contributed by atoms with van der Waals surface area (Å²) in [6, 6.07) is 15.6. The van der Waals surface area contributed by atoms with Crippen LogP contribution in [0.2, 0.25) is 0 Å². The van der Waals surface area contributed by atoms with Gasteiger partial charge < -0.3 is 9.05 Å². The van der Waals surface area contributed by atoms with Crippen LogP contribution in [0.5, 0.6) is 11.5 Å². The number of phosphoric acid groups is 1. The van der Waals surface area contributed by atoms with Gasteiger partial charge in [-0.1, -0.05) is 50.6 Å². The van der Waals surface area contributed by atoms with Crippen LogP contribution in [0.3, 0.4) is 0 Å². The van der Waals surface area contributed by atoms with Gasteiger partial charge in [-0.25, -0.2) is 4.57 Å². The summed E-state index contributed by atoms with van der Waals surface area (Å²) in [6.07, 6.45) is 2.10. The largest absolute Gasteiger partial charge is 0.584 e. The standard InChI is InChI=1S/C17H21O4P/c1-3-14(2)13-15-9-11-17(12-10-15)21-22(18,19)20-16-7-5-4-6-8-16/h4-12,14H,3,13H2,1-2H3,(H,18,19). The number of phosphoric ester groups is 1. The summed E-state index contributed by atoms with van der Waals surface area (Å²) in [5.74, 6) is 1.22. The maximum absolute atomic E-state index is 12.0. The maximum Gasteiger partial charge on any atom is 0.584 e. The van der Waals surface area contributed by atoms with E-state index < -0.39 is 7.82 Å². The monoisotopic (exact) mass is 320 g/mol. The zero-order valence-electron chi connectivity index (χ0n) is 12.8. The highest BCUT2D eigenvalue weighted by Crippen LogP contribution is 2.44. The van der Waals surface area contributed by atoms with Crippen molar-refractivity contribution in [1.82, 2.24) is 0 Å². The van der Waals surface area contributed by atoms with Crippen LogP contribution in [0.25, 0.3) is 0 Å². The first-order valence-electron chi connectivity index (χ1n) is 7.34. The van der Waals surface area contributed by atoms with E-state index in [4.69, 9.17) is 9.05 Å². The van der Waals surface area contributed by atoms with Crippen LogP contribution in [0.4, 0.5) is 0 Å². The van der Waals surface area contributed by atoms with E-state index in [1.54, 1.807) is 42.5 Å². The van der Waals surface area contributed by atoms with Crippen molar-refractivity contribution >= 4 is 7.82 Å². The van der Waals surface area contributed by atoms with Gasteiger partial charge >= 0.3 is 7.82 Å². The van der Waals surface area contributed by atoms with Crippen LogP contribution < -0.4 is 9.05 Å². The topological polar surface area (TPSA) is 55.8 Å². The van der Waals surface area contributed by atoms with Crippen LogP contribution in [-0.4, -0.2) is 4.89 Å². The molecule has 0 amide bonds. The average Bonchev–Trinajstić information content (AvgIpc) is 2.49. The molecule has 22 heavy (non-hydrogen) atoms. The zero-order chi connectivity index (χ0) is 16.0. The number of hydrogen-bond donors (Lipinski definition) is 1. The number of rotatable bonds is 7. The third-order valence-corrected chi connectivity index (χ3v) is 4.27. The van der Waals surface area contributed by atoms with Crippen molar-refractivity contribution in [1.29, 1.82) is 0 Å². The second-order valence-electron chi connectivity index (χ2n) is 5.33. The highest BCUT2D eigenvalue weighted by atomic mass is 31.2. The Bertz CT molecular complexity index is 625. The molecule has 0 aromatic heterocycles. The predicted octanol–water partition coefficient (Wildman–Crippen LogP) is 4.83. The molecule has 0 aliphatic heterocycles. The Balaban J connectivity index is 1.99. The van der Waals surface area contributed by atoms with Crippen LogP contribution in [-0.2, 0) is 11.0 Å². The summed E-state index contributed by atoms with van der Waals surface area (Å²) in [5.41, 5.74) is 1.18. The fraction of sp³-hybridized carbons (Fsp3) is 0.294. The van der Waals surface area contributed by atoms with Crippen LogP contribution in [0, 0.1) is 5.92 Å². The van der Waals surface area contributed by atoms with E-state index in [9.17, 15) is 9.46 Å². The second kappa shape index (κ2) is 7.48. The Labute approximate surface area is 131 Å². The van der Waals surface area contributed by atoms with Crippen molar-refractivity contribution in [3.8, 4) is 11.5 Å². The van der Waals surface area contributed by atoms with E-state index in [0.29, 0.717) is 17.4 Å². The molecular formula is C17H21O4P. The van der Waals surface area contributed by atoms with E-state index in [0.717, 1.165) is 12.8 Å². The van der Waals surface area contributed by atoms with Crippen molar-refractivity contribution in [2.24, 2.45) is 5.92 Å². The van der Waals surface area contributed by atoms with Gasteiger partial charge in [0.2, 0.25) is 0 Å². The first kappa shape index (κ1) is 16.6. The molecule has 5 heteroatoms. The lowest BCUT2D eigenvalue weighted by molar-refractivity contribution is 0.291. The molecule has 0 heterocycles. The highest BCUT2D eigenvalue weighted by molar-refractivity contribution is 7.48. The van der Waals surface area contributed by atoms with E-state index in [-0.39, 0.29) is 0 Å². The predicted molar refractivity (Wildman–Crippen MR) is 87.1 cm³/mol. The van der Waals surface area contributed by atoms with Gasteiger partial charge in [-0.05, 0) is 42.2 Å². The molecule has 0 saturated carbocycles. The Hall–Kier alpha value is -1.77. The van der Waals surface area contributed by atoms with Gasteiger partial charge in [-0.3, -0.25) is 4.89 Å². The molecule has 2 rings (SSSR count). The summed E-state index contributed by atoms with van der Waals surface area (Å²) in [7, 11) is -4.18. The Morgan fingerprint density at radius 1 is 1.00 bits per heavy atom. The Morgan fingerprint density at radius 2 is 1.55 bits per heavy atom. The van der Waals surface area contributed by atoms with Crippen LogP contribution >= 0.6 is 7.82 Å². The smallest absolute Gasteiger partial charge is 0.395 e. The van der Waals surface area contributed by atoms with Crippen LogP contribution in [0.1, 0.15) is 25.8 Å². The SMILES string of the molecule is CCC(C)Cc1ccc(OP(=O)(O)Oc2ccccc2)cc1. The summed E-state index contributed by atoms with van der Waals surface area (Å²) in [6.45, 7) is 4.35. The molecule has 2 unspecified atom stereocenters. The molecule has 0 radical (unpaired) electrons. The summed E-state index contributed by atoms with van der Waals surface area (Å²) >= 11 is 0. The maximum atomic E-state index is 12.0. The minimum atomic E-state index is -4.18. The summed E-state index contributed by atoms with van der Waals surface area (Å²) in [5, 5.41) is 0. The van der Waals surface area contributed by atoms with Gasteiger partial charge in [0.15, 0.2) is 0 Å². The Morgan fingerprint density at radius 3 is 2.09 bits per heavy atom. The molecule has 2 aromatic carbocycles. The van der Waals surface area contributed by atoms with Gasteiger partial charge in [0.05, 0.1) is 0 Å². The molecule has 0 fully saturated rings. The molecule has 0 bridgehead atoms. The molecule has 118 valence electrons.